The Hall–Kier alpha value is -8.76. The SMILES string of the molecule is CC(C)C=C(C#N)C(=O)NCCCC[C@H](NC(=O)[C@H](C)NC(=O)C(C)C)C(=O)N[C@@H](CC(C)C)B(O)O.CC(C)C=C(C#N)C(=O)NCCCC[C@H](NC(=O)[C@H](C)NC(=O)C(C)C)C(=O)N[C@@H](CC(C)C)B1O[C@@H]2C[C@@H]3C[C@@H](C3(C)C)[C@]2(C)O1.CC(C)C=C(C#N)C(=O)O.CC(C)C[C@H](NC(=O)[C@H](CCCCN)NC(=O)[C@H](C)NC(=O)C(C)C)B1O[C@@H]2C[C@@H]3C[C@@H](C3(C)C)[C@]2(C)O1. The quantitative estimate of drug-likeness (QED) is 0.0118. The summed E-state index contributed by atoms with van der Waals surface area (Å²) in [6.07, 6.45) is 14.9. The number of nitriles is 3. The first-order chi connectivity index (χ1) is 61.4. The van der Waals surface area contributed by atoms with Crippen molar-refractivity contribution in [1.29, 1.82) is 15.8 Å². The Morgan fingerprint density at radius 3 is 0.970 bits per heavy atom. The average Bonchev–Trinajstić information content (AvgIpc) is 1.50. The highest BCUT2D eigenvalue weighted by Gasteiger charge is 2.70. The zero-order chi connectivity index (χ0) is 101. The molecule has 37 heteroatoms. The number of unbranched alkanes of at least 4 members (excludes halogenated alkanes) is 3. The first-order valence-electron chi connectivity index (χ1n) is 48.0. The second kappa shape index (κ2) is 54.7. The number of nitrogens with one attached hydrogen (secondary N) is 11. The molecular formula is C95H162B3N15O19. The molecule has 34 nitrogen and oxygen atoms in total. The van der Waals surface area contributed by atoms with Gasteiger partial charge in [0, 0.05) is 30.8 Å². The minimum absolute atomic E-state index is 0.0242. The van der Waals surface area contributed by atoms with Crippen LogP contribution in [-0.2, 0) is 76.2 Å². The predicted octanol–water partition coefficient (Wildman–Crippen LogP) is 8.13. The maximum absolute atomic E-state index is 13.9. The van der Waals surface area contributed by atoms with Crippen molar-refractivity contribution in [1.82, 2.24) is 58.5 Å². The minimum atomic E-state index is -1.77. The highest BCUT2D eigenvalue weighted by molar-refractivity contribution is 6.48. The lowest BCUT2D eigenvalue weighted by molar-refractivity contribution is -0.199. The summed E-state index contributed by atoms with van der Waals surface area (Å²) in [7, 11) is -2.90. The van der Waals surface area contributed by atoms with Crippen molar-refractivity contribution in [2.45, 2.75) is 367 Å². The van der Waals surface area contributed by atoms with Gasteiger partial charge < -0.3 is 98.0 Å². The summed E-state index contributed by atoms with van der Waals surface area (Å²) >= 11 is 0. The molecule has 8 fully saturated rings. The summed E-state index contributed by atoms with van der Waals surface area (Å²) in [5.74, 6) is -4.99. The maximum atomic E-state index is 13.9. The van der Waals surface area contributed by atoms with E-state index in [1.54, 1.807) is 73.6 Å². The van der Waals surface area contributed by atoms with Crippen LogP contribution in [0.25, 0.3) is 0 Å². The van der Waals surface area contributed by atoms with Crippen molar-refractivity contribution in [2.75, 3.05) is 19.6 Å². The molecule has 11 amide bonds. The van der Waals surface area contributed by atoms with E-state index in [9.17, 15) is 72.8 Å². The fraction of sp³-hybridized carbons (Fsp3) is 0.779. The molecule has 740 valence electrons. The first-order valence-corrected chi connectivity index (χ1v) is 48.0. The molecule has 0 spiro atoms. The van der Waals surface area contributed by atoms with E-state index in [0.29, 0.717) is 107 Å². The summed E-state index contributed by atoms with van der Waals surface area (Å²) in [5, 5.41) is 85.1. The molecule has 2 aliphatic heterocycles. The van der Waals surface area contributed by atoms with Gasteiger partial charge in [0.25, 0.3) is 11.8 Å². The van der Waals surface area contributed by atoms with Gasteiger partial charge in [0.05, 0.1) is 41.2 Å². The Balaban J connectivity index is 0.000000487. The van der Waals surface area contributed by atoms with E-state index in [2.05, 4.69) is 128 Å². The van der Waals surface area contributed by atoms with Crippen LogP contribution in [0, 0.1) is 122 Å². The van der Waals surface area contributed by atoms with E-state index in [1.165, 1.54) is 13.0 Å². The van der Waals surface area contributed by atoms with Crippen LogP contribution in [0.5, 0.6) is 0 Å². The van der Waals surface area contributed by atoms with Gasteiger partial charge in [-0.15, -0.1) is 0 Å². The molecule has 0 radical (unpaired) electrons. The van der Waals surface area contributed by atoms with Crippen molar-refractivity contribution in [3.63, 3.8) is 0 Å². The van der Waals surface area contributed by atoms with E-state index in [4.69, 9.17) is 40.0 Å². The molecule has 4 bridgehead atoms. The molecule has 0 unspecified atom stereocenters. The summed E-state index contributed by atoms with van der Waals surface area (Å²) < 4.78 is 26.4. The number of allylic oxidation sites excluding steroid dienone is 3. The molecule has 6 aliphatic carbocycles. The minimum Gasteiger partial charge on any atom is -0.477 e. The number of amides is 11. The fourth-order valence-electron chi connectivity index (χ4n) is 17.8. The summed E-state index contributed by atoms with van der Waals surface area (Å²) in [4.78, 5) is 150. The Labute approximate surface area is 787 Å². The van der Waals surface area contributed by atoms with Crippen LogP contribution >= 0.6 is 0 Å². The highest BCUT2D eigenvalue weighted by atomic mass is 16.7. The van der Waals surface area contributed by atoms with Gasteiger partial charge in [-0.3, -0.25) is 52.7 Å². The third-order valence-electron chi connectivity index (χ3n) is 25.8. The number of carbonyl (C=O) groups is 12. The summed E-state index contributed by atoms with van der Waals surface area (Å²) in [5.41, 5.74) is 5.26. The van der Waals surface area contributed by atoms with E-state index in [1.807, 2.05) is 67.5 Å². The maximum Gasteiger partial charge on any atom is 0.481 e. The second-order valence-electron chi connectivity index (χ2n) is 41.6. The number of rotatable bonds is 47. The van der Waals surface area contributed by atoms with E-state index < -0.39 is 111 Å². The fourth-order valence-corrected chi connectivity index (χ4v) is 17.8. The number of hydrogen-bond acceptors (Lipinski definition) is 22. The standard InChI is InChI=1S/C35H58BN5O6.C28H51BN4O5.C25H44BN5O6.C7H9NO2/c1-20(2)15-24(19-37)32(44)38-14-12-11-13-26(40-31(43)23(7)39-30(42)22(5)6)33(45)41-29(16-21(3)4)36-46-28-18-25-17-27(34(25,8)9)35(28,10)47-36;1-16(2)13-23(29-37-22-15-19-14-21(27(19,6)7)28(22,8)38-29)33-26(36)20(11-9-10-12-30)32-25(35)18(5)31-24(34)17(3)4;1-15(2)12-19(14-27)24(34)28-11-9-8-10-20(25(35)31-21(26(36)37)13-16(3)4)30-23(33)18(7)29-22(32)17(5)6;1-5(2)3-6(4-8)7(9)10/h15,20-23,25-29H,11-14,16-18H2,1-10H3,(H,38,44)(H,39,42)(H,40,43)(H,41,45);16-23H,9-15,30H2,1-8H3,(H,31,34)(H,32,35)(H,33,36);12,15-18,20-21,36-37H,8-11,13H2,1-7H3,(H,28,34)(H,29,32)(H,30,33)(H,31,35);3,5H,1-2H3,(H,9,10)/t23-,25-,26-,27-,28+,29-,35-;18-,19-,20-,21-,22+,23-,28-;18-,20-,21-;/m000./s1. The van der Waals surface area contributed by atoms with Crippen LogP contribution < -0.4 is 64.2 Å². The van der Waals surface area contributed by atoms with Crippen molar-refractivity contribution in [2.24, 2.45) is 93.5 Å². The molecule has 2 saturated heterocycles. The normalized spacial score (nSPS) is 22.8. The zero-order valence-corrected chi connectivity index (χ0v) is 84.0. The summed E-state index contributed by atoms with van der Waals surface area (Å²) in [6, 6.07) is 0.335. The number of nitrogens with zero attached hydrogens (tertiary/aromatic N) is 3. The average molecular weight is 1850 g/mol. The van der Waals surface area contributed by atoms with Crippen LogP contribution in [0.4, 0.5) is 0 Å². The van der Waals surface area contributed by atoms with Gasteiger partial charge in [0.1, 0.15) is 71.2 Å². The first kappa shape index (κ1) is 117. The largest absolute Gasteiger partial charge is 0.481 e. The molecule has 8 aliphatic rings. The molecule has 2 heterocycles. The van der Waals surface area contributed by atoms with Gasteiger partial charge in [0.2, 0.25) is 53.2 Å². The van der Waals surface area contributed by atoms with Crippen LogP contribution in [-0.4, -0.2) is 205 Å². The van der Waals surface area contributed by atoms with Crippen molar-refractivity contribution < 1.29 is 91.3 Å². The molecule has 6 saturated carbocycles. The Morgan fingerprint density at radius 1 is 0.409 bits per heavy atom. The third kappa shape index (κ3) is 36.1. The van der Waals surface area contributed by atoms with E-state index >= 15 is 0 Å². The van der Waals surface area contributed by atoms with Crippen LogP contribution in [0.15, 0.2) is 34.9 Å². The molecule has 17 atom stereocenters. The zero-order valence-electron chi connectivity index (χ0n) is 84.0. The third-order valence-corrected chi connectivity index (χ3v) is 25.8. The number of hydrogen-bond donors (Lipinski definition) is 15. The highest BCUT2D eigenvalue weighted by Crippen LogP contribution is 2.67. The Kier molecular flexibility index (Phi) is 48.7. The lowest BCUT2D eigenvalue weighted by Crippen LogP contribution is -2.65. The smallest absolute Gasteiger partial charge is 0.477 e. The van der Waals surface area contributed by atoms with Gasteiger partial charge in [-0.2, -0.15) is 15.8 Å². The van der Waals surface area contributed by atoms with Crippen molar-refractivity contribution in [3.05, 3.63) is 34.9 Å². The molecule has 0 aromatic rings. The monoisotopic (exact) mass is 1850 g/mol. The number of carboxylic acids is 1. The lowest BCUT2D eigenvalue weighted by atomic mass is 9.43. The van der Waals surface area contributed by atoms with Gasteiger partial charge in [-0.05, 0) is 214 Å². The van der Waals surface area contributed by atoms with Gasteiger partial charge in [-0.1, -0.05) is 171 Å². The van der Waals surface area contributed by atoms with Gasteiger partial charge >= 0.3 is 27.3 Å². The molecule has 16 N–H and O–H groups in total. The van der Waals surface area contributed by atoms with Crippen LogP contribution in [0.2, 0.25) is 0 Å². The van der Waals surface area contributed by atoms with Crippen LogP contribution in [0.3, 0.4) is 0 Å². The molecule has 8 rings (SSSR count). The summed E-state index contributed by atoms with van der Waals surface area (Å²) in [6.45, 7) is 53.2. The van der Waals surface area contributed by atoms with Crippen molar-refractivity contribution >= 4 is 92.3 Å². The van der Waals surface area contributed by atoms with E-state index in [0.717, 1.165) is 32.1 Å². The number of carboxylic acid groups (broad SMARTS) is 1. The number of aliphatic carboxylic acids is 1. The van der Waals surface area contributed by atoms with Gasteiger partial charge in [-0.25, -0.2) is 4.79 Å². The van der Waals surface area contributed by atoms with E-state index in [-0.39, 0.29) is 147 Å². The number of nitrogens with two attached hydrogens (primary N) is 1. The Bertz CT molecular complexity index is 4080. The molecule has 0 aromatic heterocycles. The Morgan fingerprint density at radius 2 is 0.712 bits per heavy atom. The topological polar surface area (TPSA) is 532 Å². The molecular weight excluding hydrogens is 1690 g/mol. The van der Waals surface area contributed by atoms with Gasteiger partial charge in [0.15, 0.2) is 0 Å². The van der Waals surface area contributed by atoms with Crippen LogP contribution in [0.1, 0.15) is 290 Å². The molecule has 132 heavy (non-hydrogen) atoms. The number of carbonyl (C=O) groups excluding carboxylic acids is 11. The molecule has 0 aromatic carbocycles. The lowest BCUT2D eigenvalue weighted by Gasteiger charge is -2.64. The second-order valence-corrected chi connectivity index (χ2v) is 41.6. The van der Waals surface area contributed by atoms with Crippen molar-refractivity contribution in [3.8, 4) is 18.2 Å². The predicted molar refractivity (Wildman–Crippen MR) is 508 cm³/mol.